The molecule has 2 aromatic heterocycles. The van der Waals surface area contributed by atoms with Crippen molar-refractivity contribution in [2.24, 2.45) is 0 Å². The molecule has 2 N–H and O–H groups in total. The molecule has 0 spiro atoms. The van der Waals surface area contributed by atoms with Gasteiger partial charge in [-0.05, 0) is 25.0 Å². The maximum atomic E-state index is 13.2. The predicted octanol–water partition coefficient (Wildman–Crippen LogP) is 4.55. The number of imidazole rings is 1. The lowest BCUT2D eigenvalue weighted by Gasteiger charge is -2.20. The van der Waals surface area contributed by atoms with Crippen LogP contribution in [0.25, 0.3) is 16.9 Å². The summed E-state index contributed by atoms with van der Waals surface area (Å²) in [6.45, 7) is -1.68. The van der Waals surface area contributed by atoms with Gasteiger partial charge in [0, 0.05) is 24.0 Å². The smallest absolute Gasteiger partial charge is 0.361 e. The first-order valence-corrected chi connectivity index (χ1v) is 9.56. The van der Waals surface area contributed by atoms with Gasteiger partial charge in [0.15, 0.2) is 11.5 Å². The second-order valence-electron chi connectivity index (χ2n) is 7.11. The largest absolute Gasteiger partial charge is 0.455 e. The van der Waals surface area contributed by atoms with E-state index in [0.29, 0.717) is 16.8 Å². The van der Waals surface area contributed by atoms with E-state index in [1.165, 1.54) is 23.0 Å². The highest BCUT2D eigenvalue weighted by atomic mass is 35.5. The third-order valence-electron chi connectivity index (χ3n) is 4.74. The number of anilines is 1. The number of fused-ring (bicyclic) bond motifs is 1. The van der Waals surface area contributed by atoms with E-state index in [2.05, 4.69) is 15.3 Å². The summed E-state index contributed by atoms with van der Waals surface area (Å²) < 4.78 is 65.1. The Kier molecular flexibility index (Phi) is 5.24. The van der Waals surface area contributed by atoms with Gasteiger partial charge in [0.2, 0.25) is 0 Å². The fourth-order valence-electron chi connectivity index (χ4n) is 2.90. The molecule has 12 heteroatoms. The van der Waals surface area contributed by atoms with Crippen LogP contribution < -0.4 is 10.6 Å². The molecule has 0 atom stereocenters. The fourth-order valence-corrected chi connectivity index (χ4v) is 3.17. The number of nitrogens with zero attached hydrogens (tertiary/aromatic N) is 3. The molecule has 0 unspecified atom stereocenters. The molecule has 0 radical (unpaired) electrons. The lowest BCUT2D eigenvalue weighted by atomic mass is 10.1. The standard InChI is InChI=1S/C19H15ClF5N5O/c20-13-7-10(1-4-12(13)17(31)29-11-2-3-11)14-8-27-16-15(26-5-6-30(14)16)28-9-18(21,22)19(23,24)25/h1,4-8,11H,2-3,9H2,(H,26,28)(H,29,31). The van der Waals surface area contributed by atoms with E-state index in [1.54, 1.807) is 18.2 Å². The van der Waals surface area contributed by atoms with Gasteiger partial charge in [0.25, 0.3) is 5.91 Å². The molecule has 6 nitrogen and oxygen atoms in total. The van der Waals surface area contributed by atoms with E-state index in [0.717, 1.165) is 12.8 Å². The molecule has 0 bridgehead atoms. The summed E-state index contributed by atoms with van der Waals surface area (Å²) in [6.07, 6.45) is 0.304. The minimum atomic E-state index is -5.68. The van der Waals surface area contributed by atoms with Crippen LogP contribution in [0.15, 0.2) is 36.8 Å². The van der Waals surface area contributed by atoms with E-state index in [1.807, 2.05) is 5.32 Å². The van der Waals surface area contributed by atoms with E-state index in [4.69, 9.17) is 11.6 Å². The van der Waals surface area contributed by atoms with E-state index >= 15 is 0 Å². The zero-order chi connectivity index (χ0) is 22.4. The first-order valence-electron chi connectivity index (χ1n) is 9.18. The maximum absolute atomic E-state index is 13.2. The van der Waals surface area contributed by atoms with Gasteiger partial charge in [-0.25, -0.2) is 9.97 Å². The highest BCUT2D eigenvalue weighted by Gasteiger charge is 2.57. The minimum Gasteiger partial charge on any atom is -0.361 e. The second-order valence-corrected chi connectivity index (χ2v) is 7.52. The Morgan fingerprint density at radius 1 is 1.19 bits per heavy atom. The van der Waals surface area contributed by atoms with E-state index in [9.17, 15) is 26.7 Å². The van der Waals surface area contributed by atoms with Crippen LogP contribution in [0.3, 0.4) is 0 Å². The first-order chi connectivity index (χ1) is 14.6. The topological polar surface area (TPSA) is 71.3 Å². The molecule has 1 saturated carbocycles. The van der Waals surface area contributed by atoms with Crippen molar-refractivity contribution in [1.82, 2.24) is 19.7 Å². The Hall–Kier alpha value is -2.95. The SMILES string of the molecule is O=C(NC1CC1)c1ccc(-c2cnc3c(NCC(F)(F)C(F)(F)F)nccn23)cc1Cl. The lowest BCUT2D eigenvalue weighted by molar-refractivity contribution is -0.275. The van der Waals surface area contributed by atoms with Crippen molar-refractivity contribution in [2.45, 2.75) is 31.0 Å². The van der Waals surface area contributed by atoms with Gasteiger partial charge in [-0.1, -0.05) is 17.7 Å². The van der Waals surface area contributed by atoms with Gasteiger partial charge in [-0.3, -0.25) is 9.20 Å². The van der Waals surface area contributed by atoms with Gasteiger partial charge in [-0.15, -0.1) is 0 Å². The Labute approximate surface area is 177 Å². The normalized spacial score (nSPS) is 14.6. The zero-order valence-electron chi connectivity index (χ0n) is 15.7. The number of aromatic nitrogens is 3. The number of rotatable bonds is 6. The monoisotopic (exact) mass is 459 g/mol. The van der Waals surface area contributed by atoms with Crippen LogP contribution in [-0.2, 0) is 0 Å². The number of amides is 1. The van der Waals surface area contributed by atoms with Crippen LogP contribution in [0.2, 0.25) is 5.02 Å². The Balaban J connectivity index is 1.60. The summed E-state index contributed by atoms with van der Waals surface area (Å²) in [6, 6.07) is 4.92. The molecule has 3 aromatic rings. The molecule has 0 saturated heterocycles. The summed E-state index contributed by atoms with van der Waals surface area (Å²) >= 11 is 6.27. The van der Waals surface area contributed by atoms with E-state index in [-0.39, 0.29) is 28.4 Å². The third kappa shape index (κ3) is 4.27. The van der Waals surface area contributed by atoms with Crippen LogP contribution in [0.5, 0.6) is 0 Å². The summed E-state index contributed by atoms with van der Waals surface area (Å²) in [5.41, 5.74) is 1.42. The third-order valence-corrected chi connectivity index (χ3v) is 5.06. The van der Waals surface area contributed by atoms with Gasteiger partial charge in [0.05, 0.1) is 29.0 Å². The number of nitrogens with one attached hydrogen (secondary N) is 2. The Bertz CT molecular complexity index is 1140. The van der Waals surface area contributed by atoms with Crippen LogP contribution in [0.4, 0.5) is 27.8 Å². The van der Waals surface area contributed by atoms with Crippen molar-refractivity contribution in [3.63, 3.8) is 0 Å². The number of hydrogen-bond acceptors (Lipinski definition) is 4. The maximum Gasteiger partial charge on any atom is 0.455 e. The lowest BCUT2D eigenvalue weighted by Crippen LogP contribution is -2.42. The summed E-state index contributed by atoms with van der Waals surface area (Å²) in [7, 11) is 0. The Morgan fingerprint density at radius 2 is 1.94 bits per heavy atom. The number of carbonyl (C=O) groups excluding carboxylic acids is 1. The number of alkyl halides is 5. The molecule has 31 heavy (non-hydrogen) atoms. The van der Waals surface area contributed by atoms with E-state index < -0.39 is 18.6 Å². The molecule has 1 amide bonds. The van der Waals surface area contributed by atoms with Crippen molar-refractivity contribution in [3.05, 3.63) is 47.4 Å². The van der Waals surface area contributed by atoms with Crippen molar-refractivity contribution in [1.29, 1.82) is 0 Å². The number of carbonyl (C=O) groups is 1. The molecule has 164 valence electrons. The van der Waals surface area contributed by atoms with Crippen LogP contribution in [0, 0.1) is 0 Å². The van der Waals surface area contributed by atoms with Crippen molar-refractivity contribution >= 4 is 29.0 Å². The highest BCUT2D eigenvalue weighted by molar-refractivity contribution is 6.34. The second kappa shape index (κ2) is 7.63. The van der Waals surface area contributed by atoms with Crippen molar-refractivity contribution < 1.29 is 26.7 Å². The number of benzene rings is 1. The number of halogens is 6. The quantitative estimate of drug-likeness (QED) is 0.530. The van der Waals surface area contributed by atoms with Gasteiger partial charge in [-0.2, -0.15) is 22.0 Å². The zero-order valence-corrected chi connectivity index (χ0v) is 16.4. The molecule has 1 aliphatic rings. The molecular formula is C19H15ClF5N5O. The molecule has 2 heterocycles. The Morgan fingerprint density at radius 3 is 2.58 bits per heavy atom. The first kappa shape index (κ1) is 21.3. The fraction of sp³-hybridized carbons (Fsp3) is 0.316. The molecule has 4 rings (SSSR count). The van der Waals surface area contributed by atoms with Crippen LogP contribution in [-0.4, -0.2) is 45.0 Å². The van der Waals surface area contributed by atoms with Crippen molar-refractivity contribution in [2.75, 3.05) is 11.9 Å². The van der Waals surface area contributed by atoms with Crippen molar-refractivity contribution in [3.8, 4) is 11.3 Å². The average Bonchev–Trinajstić information content (AvgIpc) is 3.40. The van der Waals surface area contributed by atoms with Gasteiger partial charge >= 0.3 is 12.1 Å². The average molecular weight is 460 g/mol. The summed E-state index contributed by atoms with van der Waals surface area (Å²) in [5, 5.41) is 5.07. The highest BCUT2D eigenvalue weighted by Crippen LogP contribution is 2.35. The molecule has 1 fully saturated rings. The molecule has 1 aromatic carbocycles. The van der Waals surface area contributed by atoms with Crippen LogP contribution >= 0.6 is 11.6 Å². The molecule has 1 aliphatic carbocycles. The summed E-state index contributed by atoms with van der Waals surface area (Å²) in [5.74, 6) is -5.44. The van der Waals surface area contributed by atoms with Gasteiger partial charge in [0.1, 0.15) is 0 Å². The van der Waals surface area contributed by atoms with Crippen LogP contribution in [0.1, 0.15) is 23.2 Å². The van der Waals surface area contributed by atoms with Gasteiger partial charge < -0.3 is 10.6 Å². The number of hydrogen-bond donors (Lipinski definition) is 2. The molecular weight excluding hydrogens is 445 g/mol. The minimum absolute atomic E-state index is 0.0575. The molecule has 0 aliphatic heterocycles. The summed E-state index contributed by atoms with van der Waals surface area (Å²) in [4.78, 5) is 20.1. The predicted molar refractivity (Wildman–Crippen MR) is 103 cm³/mol.